The Morgan fingerprint density at radius 3 is 2.62 bits per heavy atom. The summed E-state index contributed by atoms with van der Waals surface area (Å²) in [4.78, 5) is 8.99. The number of anilines is 1. The quantitative estimate of drug-likeness (QED) is 0.562. The fourth-order valence-corrected chi connectivity index (χ4v) is 3.91. The molecule has 2 rings (SSSR count). The molecule has 0 aliphatic heterocycles. The maximum atomic E-state index is 12.3. The van der Waals surface area contributed by atoms with Crippen LogP contribution in [0.4, 0.5) is 5.82 Å². The number of aryl methyl sites for hydroxylation is 1. The molecule has 10 heteroatoms. The molecule has 21 heavy (non-hydrogen) atoms. The maximum Gasteiger partial charge on any atom is 0.242 e. The molecule has 114 valence electrons. The summed E-state index contributed by atoms with van der Waals surface area (Å²) in [5.74, 6) is 5.41. The molecular formula is C11H14ClN5O2S2. The molecule has 1 unspecified atom stereocenters. The van der Waals surface area contributed by atoms with Gasteiger partial charge in [-0.05, 0) is 19.9 Å². The van der Waals surface area contributed by atoms with Crippen LogP contribution in [0.25, 0.3) is 0 Å². The Balaban J connectivity index is 2.24. The summed E-state index contributed by atoms with van der Waals surface area (Å²) in [5.41, 5.74) is 2.28. The Morgan fingerprint density at radius 1 is 1.38 bits per heavy atom. The molecule has 0 amide bonds. The predicted octanol–water partition coefficient (Wildman–Crippen LogP) is 1.83. The van der Waals surface area contributed by atoms with E-state index >= 15 is 0 Å². The van der Waals surface area contributed by atoms with Gasteiger partial charge in [-0.2, -0.15) is 0 Å². The molecule has 0 bridgehead atoms. The molecule has 4 N–H and O–H groups in total. The van der Waals surface area contributed by atoms with Crippen molar-refractivity contribution in [3.8, 4) is 0 Å². The van der Waals surface area contributed by atoms with Crippen LogP contribution in [0.1, 0.15) is 22.9 Å². The normalized spacial score (nSPS) is 13.1. The predicted molar refractivity (Wildman–Crippen MR) is 82.6 cm³/mol. The minimum atomic E-state index is -3.74. The van der Waals surface area contributed by atoms with Gasteiger partial charge in [0.25, 0.3) is 0 Å². The van der Waals surface area contributed by atoms with E-state index in [1.807, 2.05) is 6.92 Å². The molecule has 0 fully saturated rings. The summed E-state index contributed by atoms with van der Waals surface area (Å²) in [6.45, 7) is 3.63. The van der Waals surface area contributed by atoms with Gasteiger partial charge in [-0.15, -0.1) is 11.3 Å². The number of nitrogens with one attached hydrogen (secondary N) is 2. The lowest BCUT2D eigenvalue weighted by atomic mass is 10.4. The standard InChI is InChI=1S/C11H14ClN5O2S2/c1-6-4-15-11(20-6)7(2)17-21(18,19)8-3-9(12)10(16-13)14-5-8/h3-5,7,17H,13H2,1-2H3,(H,14,16). The first-order valence-corrected chi connectivity index (χ1v) is 8.58. The molecule has 0 aliphatic carbocycles. The number of pyridine rings is 1. The Labute approximate surface area is 131 Å². The van der Waals surface area contributed by atoms with E-state index < -0.39 is 16.1 Å². The second-order valence-corrected chi connectivity index (χ2v) is 7.69. The molecule has 7 nitrogen and oxygen atoms in total. The Bertz CT molecular complexity index is 747. The summed E-state index contributed by atoms with van der Waals surface area (Å²) in [5, 5.41) is 0.813. The number of aromatic nitrogens is 2. The topological polar surface area (TPSA) is 110 Å². The first kappa shape index (κ1) is 16.1. The summed E-state index contributed by atoms with van der Waals surface area (Å²) >= 11 is 7.32. The monoisotopic (exact) mass is 347 g/mol. The van der Waals surface area contributed by atoms with E-state index in [9.17, 15) is 8.42 Å². The molecular weight excluding hydrogens is 334 g/mol. The molecule has 2 aromatic rings. The SMILES string of the molecule is Cc1cnc(C(C)NS(=O)(=O)c2cnc(NN)c(Cl)c2)s1. The average molecular weight is 348 g/mol. The third-order valence-corrected chi connectivity index (χ3v) is 5.50. The lowest BCUT2D eigenvalue weighted by Gasteiger charge is -2.12. The van der Waals surface area contributed by atoms with Crippen molar-refractivity contribution in [3.63, 3.8) is 0 Å². The van der Waals surface area contributed by atoms with Crippen molar-refractivity contribution in [2.75, 3.05) is 5.43 Å². The molecule has 0 radical (unpaired) electrons. The van der Waals surface area contributed by atoms with Crippen molar-refractivity contribution in [2.45, 2.75) is 24.8 Å². The third-order valence-electron chi connectivity index (χ3n) is 2.60. The van der Waals surface area contributed by atoms with Gasteiger partial charge in [0.05, 0.1) is 11.1 Å². The van der Waals surface area contributed by atoms with Crippen LogP contribution in [0.5, 0.6) is 0 Å². The molecule has 0 spiro atoms. The molecule has 1 atom stereocenters. The van der Waals surface area contributed by atoms with Crippen molar-refractivity contribution in [1.82, 2.24) is 14.7 Å². The van der Waals surface area contributed by atoms with Crippen LogP contribution in [0.3, 0.4) is 0 Å². The van der Waals surface area contributed by atoms with Crippen LogP contribution in [0, 0.1) is 6.92 Å². The van der Waals surface area contributed by atoms with Crippen LogP contribution in [0.2, 0.25) is 5.02 Å². The highest BCUT2D eigenvalue weighted by Gasteiger charge is 2.21. The first-order chi connectivity index (χ1) is 9.83. The average Bonchev–Trinajstić information content (AvgIpc) is 2.85. The van der Waals surface area contributed by atoms with E-state index in [0.29, 0.717) is 5.01 Å². The van der Waals surface area contributed by atoms with Crippen molar-refractivity contribution in [1.29, 1.82) is 0 Å². The number of halogens is 1. The van der Waals surface area contributed by atoms with Crippen molar-refractivity contribution in [2.24, 2.45) is 5.84 Å². The Kier molecular flexibility index (Phi) is 4.79. The van der Waals surface area contributed by atoms with Crippen LogP contribution >= 0.6 is 22.9 Å². The van der Waals surface area contributed by atoms with Gasteiger partial charge in [0.1, 0.15) is 9.90 Å². The van der Waals surface area contributed by atoms with Crippen LogP contribution in [0.15, 0.2) is 23.4 Å². The van der Waals surface area contributed by atoms with E-state index in [2.05, 4.69) is 20.1 Å². The summed E-state index contributed by atoms with van der Waals surface area (Å²) in [6.07, 6.45) is 2.88. The first-order valence-electron chi connectivity index (χ1n) is 5.90. The van der Waals surface area contributed by atoms with E-state index in [-0.39, 0.29) is 15.7 Å². The maximum absolute atomic E-state index is 12.3. The number of nitrogens with zero attached hydrogens (tertiary/aromatic N) is 2. The van der Waals surface area contributed by atoms with Gasteiger partial charge < -0.3 is 5.43 Å². The summed E-state index contributed by atoms with van der Waals surface area (Å²) in [6, 6.07) is 0.839. The Morgan fingerprint density at radius 2 is 2.10 bits per heavy atom. The van der Waals surface area contributed by atoms with Gasteiger partial charge in [0.2, 0.25) is 10.0 Å². The summed E-state index contributed by atoms with van der Waals surface area (Å²) in [7, 11) is -3.74. The fourth-order valence-electron chi connectivity index (χ4n) is 1.60. The van der Waals surface area contributed by atoms with Crippen LogP contribution in [-0.4, -0.2) is 18.4 Å². The van der Waals surface area contributed by atoms with E-state index in [0.717, 1.165) is 4.88 Å². The number of nitrogen functional groups attached to an aromatic ring is 1. The largest absolute Gasteiger partial charge is 0.307 e. The minimum Gasteiger partial charge on any atom is -0.307 e. The second kappa shape index (κ2) is 6.24. The van der Waals surface area contributed by atoms with Gasteiger partial charge in [-0.3, -0.25) is 0 Å². The van der Waals surface area contributed by atoms with Gasteiger partial charge in [-0.25, -0.2) is 29.0 Å². The number of hydrogen-bond acceptors (Lipinski definition) is 7. The van der Waals surface area contributed by atoms with E-state index in [1.54, 1.807) is 13.1 Å². The van der Waals surface area contributed by atoms with Crippen molar-refractivity contribution >= 4 is 38.8 Å². The number of rotatable bonds is 5. The second-order valence-electron chi connectivity index (χ2n) is 4.30. The van der Waals surface area contributed by atoms with Gasteiger partial charge in [0, 0.05) is 17.3 Å². The van der Waals surface area contributed by atoms with Gasteiger partial charge in [-0.1, -0.05) is 11.6 Å². The molecule has 0 aromatic carbocycles. The fraction of sp³-hybridized carbons (Fsp3) is 0.273. The smallest absolute Gasteiger partial charge is 0.242 e. The number of nitrogens with two attached hydrogens (primary N) is 1. The van der Waals surface area contributed by atoms with Crippen LogP contribution < -0.4 is 16.0 Å². The molecule has 2 heterocycles. The van der Waals surface area contributed by atoms with E-state index in [1.165, 1.54) is 23.6 Å². The summed E-state index contributed by atoms with van der Waals surface area (Å²) < 4.78 is 27.1. The number of hydrazine groups is 1. The number of hydrogen-bond donors (Lipinski definition) is 3. The van der Waals surface area contributed by atoms with E-state index in [4.69, 9.17) is 17.4 Å². The molecule has 2 aromatic heterocycles. The lowest BCUT2D eigenvalue weighted by molar-refractivity contribution is 0.566. The van der Waals surface area contributed by atoms with Crippen LogP contribution in [-0.2, 0) is 10.0 Å². The lowest BCUT2D eigenvalue weighted by Crippen LogP contribution is -2.27. The van der Waals surface area contributed by atoms with Crippen molar-refractivity contribution in [3.05, 3.63) is 33.4 Å². The highest BCUT2D eigenvalue weighted by atomic mass is 35.5. The highest BCUT2D eigenvalue weighted by molar-refractivity contribution is 7.89. The molecule has 0 saturated carbocycles. The molecule has 0 saturated heterocycles. The zero-order chi connectivity index (χ0) is 15.6. The van der Waals surface area contributed by atoms with Gasteiger partial charge >= 0.3 is 0 Å². The number of thiazole rings is 1. The van der Waals surface area contributed by atoms with Crippen molar-refractivity contribution < 1.29 is 8.42 Å². The third kappa shape index (κ3) is 3.69. The zero-order valence-electron chi connectivity index (χ0n) is 11.3. The number of sulfonamides is 1. The minimum absolute atomic E-state index is 0.0355. The van der Waals surface area contributed by atoms with Gasteiger partial charge in [0.15, 0.2) is 5.82 Å². The highest BCUT2D eigenvalue weighted by Crippen LogP contribution is 2.24. The molecule has 0 aliphatic rings. The Hall–Kier alpha value is -1.26. The zero-order valence-corrected chi connectivity index (χ0v) is 13.7.